The van der Waals surface area contributed by atoms with Gasteiger partial charge in [-0.1, -0.05) is 32.4 Å². The molecule has 1 amide bonds. The Labute approximate surface area is 130 Å². The molecule has 1 saturated carbocycles. The van der Waals surface area contributed by atoms with Gasteiger partial charge >= 0.3 is 0 Å². The highest BCUT2D eigenvalue weighted by Crippen LogP contribution is 2.26. The van der Waals surface area contributed by atoms with Gasteiger partial charge in [-0.15, -0.1) is 0 Å². The number of hydrogen-bond acceptors (Lipinski definition) is 4. The molecule has 21 heavy (non-hydrogen) atoms. The summed E-state index contributed by atoms with van der Waals surface area (Å²) in [6.45, 7) is 8.54. The maximum absolute atomic E-state index is 11.7. The smallest absolute Gasteiger partial charge is 0.221 e. The highest BCUT2D eigenvalue weighted by Gasteiger charge is 2.23. The molecule has 0 saturated heterocycles. The van der Waals surface area contributed by atoms with Gasteiger partial charge in [0.2, 0.25) is 5.91 Å². The van der Waals surface area contributed by atoms with Crippen molar-refractivity contribution >= 4 is 23.3 Å². The monoisotopic (exact) mass is 310 g/mol. The fourth-order valence-corrected chi connectivity index (χ4v) is 1.99. The van der Waals surface area contributed by atoms with Crippen LogP contribution < -0.4 is 10.6 Å². The summed E-state index contributed by atoms with van der Waals surface area (Å²) in [4.78, 5) is 20.5. The zero-order valence-electron chi connectivity index (χ0n) is 13.1. The second kappa shape index (κ2) is 6.18. The lowest BCUT2D eigenvalue weighted by Gasteiger charge is -2.19. The van der Waals surface area contributed by atoms with Gasteiger partial charge in [-0.05, 0) is 19.8 Å². The first-order valence-electron chi connectivity index (χ1n) is 7.35. The van der Waals surface area contributed by atoms with E-state index in [1.54, 1.807) is 0 Å². The minimum Gasteiger partial charge on any atom is -0.369 e. The first kappa shape index (κ1) is 16.0. The van der Waals surface area contributed by atoms with Crippen LogP contribution in [0.5, 0.6) is 0 Å². The molecule has 0 aromatic carbocycles. The quantitative estimate of drug-likeness (QED) is 0.821. The van der Waals surface area contributed by atoms with Gasteiger partial charge in [0.1, 0.15) is 16.8 Å². The molecule has 1 aliphatic carbocycles. The van der Waals surface area contributed by atoms with E-state index in [0.717, 1.165) is 18.4 Å². The third-order valence-electron chi connectivity index (χ3n) is 3.34. The fourth-order valence-electron chi connectivity index (χ4n) is 1.82. The number of anilines is 1. The Morgan fingerprint density at radius 3 is 2.57 bits per heavy atom. The van der Waals surface area contributed by atoms with Crippen molar-refractivity contribution in [2.45, 2.75) is 58.4 Å². The van der Waals surface area contributed by atoms with Gasteiger partial charge < -0.3 is 10.6 Å². The van der Waals surface area contributed by atoms with Crippen LogP contribution in [-0.2, 0) is 10.2 Å². The first-order valence-corrected chi connectivity index (χ1v) is 7.73. The molecule has 2 rings (SSSR count). The van der Waals surface area contributed by atoms with Crippen molar-refractivity contribution in [3.63, 3.8) is 0 Å². The van der Waals surface area contributed by atoms with Gasteiger partial charge in [-0.3, -0.25) is 4.79 Å². The van der Waals surface area contributed by atoms with E-state index in [1.165, 1.54) is 0 Å². The maximum atomic E-state index is 11.7. The van der Waals surface area contributed by atoms with E-state index in [4.69, 9.17) is 11.6 Å². The molecular formula is C15H23ClN4O. The molecule has 6 heteroatoms. The number of hydrogen-bond donors (Lipinski definition) is 2. The van der Waals surface area contributed by atoms with Crippen LogP contribution in [0.2, 0.25) is 5.15 Å². The van der Waals surface area contributed by atoms with Gasteiger partial charge in [-0.25, -0.2) is 9.97 Å². The normalized spacial score (nSPS) is 14.9. The summed E-state index contributed by atoms with van der Waals surface area (Å²) in [5.74, 6) is 1.49. The maximum Gasteiger partial charge on any atom is 0.221 e. The van der Waals surface area contributed by atoms with E-state index < -0.39 is 0 Å². The number of nitrogens with one attached hydrogen (secondary N) is 2. The van der Waals surface area contributed by atoms with Crippen LogP contribution >= 0.6 is 11.6 Å². The Morgan fingerprint density at radius 1 is 1.33 bits per heavy atom. The molecule has 2 N–H and O–H groups in total. The van der Waals surface area contributed by atoms with Gasteiger partial charge in [0, 0.05) is 30.0 Å². The predicted octanol–water partition coefficient (Wildman–Crippen LogP) is 2.82. The summed E-state index contributed by atoms with van der Waals surface area (Å²) in [7, 11) is 0. The number of carbonyl (C=O) groups is 1. The number of carbonyl (C=O) groups excluding carboxylic acids is 1. The summed E-state index contributed by atoms with van der Waals surface area (Å²) in [5, 5.41) is 6.62. The lowest BCUT2D eigenvalue weighted by Crippen LogP contribution is -2.27. The predicted molar refractivity (Wildman–Crippen MR) is 84.8 cm³/mol. The largest absolute Gasteiger partial charge is 0.369 e. The van der Waals surface area contributed by atoms with Crippen LogP contribution in [-0.4, -0.2) is 28.5 Å². The Balaban J connectivity index is 1.98. The Hall–Kier alpha value is -1.36. The molecule has 0 radical (unpaired) electrons. The molecule has 1 aliphatic rings. The van der Waals surface area contributed by atoms with Gasteiger partial charge in [0.15, 0.2) is 0 Å². The molecule has 1 aromatic heterocycles. The molecule has 0 unspecified atom stereocenters. The molecule has 1 fully saturated rings. The van der Waals surface area contributed by atoms with Gasteiger partial charge in [0.05, 0.1) is 0 Å². The van der Waals surface area contributed by atoms with Crippen LogP contribution in [0, 0.1) is 6.92 Å². The van der Waals surface area contributed by atoms with Gasteiger partial charge in [-0.2, -0.15) is 0 Å². The second-order valence-electron chi connectivity index (χ2n) is 6.58. The van der Waals surface area contributed by atoms with Crippen molar-refractivity contribution in [2.24, 2.45) is 0 Å². The van der Waals surface area contributed by atoms with Crippen molar-refractivity contribution in [3.8, 4) is 0 Å². The average molecular weight is 311 g/mol. The average Bonchev–Trinajstić information content (AvgIpc) is 3.16. The lowest BCUT2D eigenvalue weighted by molar-refractivity contribution is -0.120. The Bertz CT molecular complexity index is 535. The SMILES string of the molecule is Cc1c(Cl)nc(C(C)(C)C)nc1NCCC(=O)NC1CC1. The standard InChI is InChI=1S/C15H23ClN4O/c1-9-12(16)19-14(15(2,3)4)20-13(9)17-8-7-11(21)18-10-5-6-10/h10H,5-8H2,1-4H3,(H,18,21)(H,17,19,20). The van der Waals surface area contributed by atoms with E-state index in [1.807, 2.05) is 27.7 Å². The second-order valence-corrected chi connectivity index (χ2v) is 6.94. The molecule has 0 aliphatic heterocycles. The van der Waals surface area contributed by atoms with E-state index in [2.05, 4.69) is 20.6 Å². The molecule has 0 bridgehead atoms. The molecule has 1 aromatic rings. The van der Waals surface area contributed by atoms with Gasteiger partial charge in [0.25, 0.3) is 0 Å². The topological polar surface area (TPSA) is 66.9 Å². The zero-order chi connectivity index (χ0) is 15.6. The molecule has 116 valence electrons. The minimum absolute atomic E-state index is 0.0823. The molecule has 0 spiro atoms. The van der Waals surface area contributed by atoms with E-state index in [0.29, 0.717) is 35.8 Å². The third kappa shape index (κ3) is 4.56. The van der Waals surface area contributed by atoms with Crippen LogP contribution in [0.4, 0.5) is 5.82 Å². The van der Waals surface area contributed by atoms with Crippen LogP contribution in [0.3, 0.4) is 0 Å². The molecule has 5 nitrogen and oxygen atoms in total. The number of halogens is 1. The van der Waals surface area contributed by atoms with Crippen LogP contribution in [0.1, 0.15) is 51.4 Å². The van der Waals surface area contributed by atoms with Crippen LogP contribution in [0.15, 0.2) is 0 Å². The number of rotatable bonds is 5. The van der Waals surface area contributed by atoms with Crippen molar-refractivity contribution in [1.29, 1.82) is 0 Å². The van der Waals surface area contributed by atoms with E-state index in [-0.39, 0.29) is 11.3 Å². The van der Waals surface area contributed by atoms with Crippen molar-refractivity contribution < 1.29 is 4.79 Å². The fraction of sp³-hybridized carbons (Fsp3) is 0.667. The Kier molecular flexibility index (Phi) is 4.71. The number of amides is 1. The first-order chi connectivity index (χ1) is 9.77. The van der Waals surface area contributed by atoms with Crippen molar-refractivity contribution in [2.75, 3.05) is 11.9 Å². The van der Waals surface area contributed by atoms with Crippen molar-refractivity contribution in [3.05, 3.63) is 16.5 Å². The summed E-state index contributed by atoms with van der Waals surface area (Å²) >= 11 is 6.17. The number of aromatic nitrogens is 2. The lowest BCUT2D eigenvalue weighted by atomic mass is 9.95. The highest BCUT2D eigenvalue weighted by molar-refractivity contribution is 6.30. The third-order valence-corrected chi connectivity index (χ3v) is 3.71. The van der Waals surface area contributed by atoms with Crippen LogP contribution in [0.25, 0.3) is 0 Å². The Morgan fingerprint density at radius 2 is 2.00 bits per heavy atom. The molecule has 0 atom stereocenters. The van der Waals surface area contributed by atoms with E-state index in [9.17, 15) is 4.79 Å². The highest BCUT2D eigenvalue weighted by atomic mass is 35.5. The minimum atomic E-state index is -0.170. The van der Waals surface area contributed by atoms with E-state index >= 15 is 0 Å². The number of nitrogens with zero attached hydrogens (tertiary/aromatic N) is 2. The summed E-state index contributed by atoms with van der Waals surface area (Å²) in [6, 6.07) is 0.403. The zero-order valence-corrected chi connectivity index (χ0v) is 13.8. The van der Waals surface area contributed by atoms with Crippen molar-refractivity contribution in [1.82, 2.24) is 15.3 Å². The molecule has 1 heterocycles. The summed E-state index contributed by atoms with van der Waals surface area (Å²) in [5.41, 5.74) is 0.643. The summed E-state index contributed by atoms with van der Waals surface area (Å²) in [6.07, 6.45) is 2.64. The summed E-state index contributed by atoms with van der Waals surface area (Å²) < 4.78 is 0. The molecular weight excluding hydrogens is 288 g/mol.